The van der Waals surface area contributed by atoms with Crippen LogP contribution in [-0.2, 0) is 0 Å². The first kappa shape index (κ1) is 10.7. The van der Waals surface area contributed by atoms with Crippen LogP contribution >= 0.6 is 0 Å². The van der Waals surface area contributed by atoms with Crippen LogP contribution in [0.4, 0.5) is 22.0 Å². The van der Waals surface area contributed by atoms with Crippen LogP contribution in [0, 0.1) is 11.8 Å². The maximum Gasteiger partial charge on any atom is 0.397 e. The van der Waals surface area contributed by atoms with Crippen LogP contribution in [0.1, 0.15) is 26.2 Å². The van der Waals surface area contributed by atoms with Gasteiger partial charge < -0.3 is 0 Å². The van der Waals surface area contributed by atoms with Gasteiger partial charge in [0.2, 0.25) is 0 Å². The molecule has 0 N–H and O–H groups in total. The summed E-state index contributed by atoms with van der Waals surface area (Å²) < 4.78 is 62.3. The molecule has 0 aliphatic heterocycles. The first-order valence-corrected chi connectivity index (χ1v) is 4.23. The van der Waals surface area contributed by atoms with Crippen molar-refractivity contribution in [3.05, 3.63) is 0 Å². The Labute approximate surface area is 73.1 Å². The number of rotatable bonds is 1. The average Bonchev–Trinajstić information content (AvgIpc) is 2.23. The fourth-order valence-corrected chi connectivity index (χ4v) is 1.99. The topological polar surface area (TPSA) is 0 Å². The van der Waals surface area contributed by atoms with Crippen molar-refractivity contribution < 1.29 is 22.0 Å². The molecule has 0 saturated heterocycles. The van der Waals surface area contributed by atoms with Gasteiger partial charge in [0.15, 0.2) is 0 Å². The SMILES string of the molecule is CCC1CCC(F)(F)C1C(F)(F)F. The largest absolute Gasteiger partial charge is 0.397 e. The Hall–Kier alpha value is -0.350. The highest BCUT2D eigenvalue weighted by atomic mass is 19.4. The van der Waals surface area contributed by atoms with Crippen LogP contribution in [0.15, 0.2) is 0 Å². The average molecular weight is 202 g/mol. The zero-order valence-corrected chi connectivity index (χ0v) is 7.17. The molecule has 1 fully saturated rings. The smallest absolute Gasteiger partial charge is 0.206 e. The van der Waals surface area contributed by atoms with Gasteiger partial charge in [-0.25, -0.2) is 8.78 Å². The summed E-state index contributed by atoms with van der Waals surface area (Å²) in [7, 11) is 0. The van der Waals surface area contributed by atoms with Gasteiger partial charge in [0.1, 0.15) is 5.92 Å². The summed E-state index contributed by atoms with van der Waals surface area (Å²) in [6.07, 6.45) is -5.25. The third-order valence-electron chi connectivity index (χ3n) is 2.65. The molecular weight excluding hydrogens is 191 g/mol. The second kappa shape index (κ2) is 3.10. The highest BCUT2D eigenvalue weighted by molar-refractivity contribution is 4.93. The normalized spacial score (nSPS) is 33.7. The summed E-state index contributed by atoms with van der Waals surface area (Å²) in [5.41, 5.74) is 0. The third-order valence-corrected chi connectivity index (χ3v) is 2.65. The molecule has 1 rings (SSSR count). The molecule has 0 aromatic heterocycles. The lowest BCUT2D eigenvalue weighted by Gasteiger charge is -2.25. The summed E-state index contributed by atoms with van der Waals surface area (Å²) in [5.74, 6) is -6.89. The summed E-state index contributed by atoms with van der Waals surface area (Å²) in [4.78, 5) is 0. The van der Waals surface area contributed by atoms with E-state index in [1.54, 1.807) is 0 Å². The molecule has 1 aliphatic rings. The van der Waals surface area contributed by atoms with Gasteiger partial charge in [-0.1, -0.05) is 13.3 Å². The molecule has 1 saturated carbocycles. The van der Waals surface area contributed by atoms with Crippen LogP contribution in [-0.4, -0.2) is 12.1 Å². The maximum atomic E-state index is 12.8. The zero-order valence-electron chi connectivity index (χ0n) is 7.17. The minimum atomic E-state index is -4.76. The van der Waals surface area contributed by atoms with E-state index in [0.29, 0.717) is 0 Å². The minimum absolute atomic E-state index is 0.0202. The van der Waals surface area contributed by atoms with Crippen molar-refractivity contribution in [2.45, 2.75) is 38.3 Å². The molecule has 0 radical (unpaired) electrons. The predicted molar refractivity (Wildman–Crippen MR) is 37.5 cm³/mol. The fraction of sp³-hybridized carbons (Fsp3) is 1.00. The van der Waals surface area contributed by atoms with Crippen molar-refractivity contribution in [2.24, 2.45) is 11.8 Å². The van der Waals surface area contributed by atoms with Gasteiger partial charge in [-0.05, 0) is 12.3 Å². The summed E-state index contributed by atoms with van der Waals surface area (Å²) in [6.45, 7) is 1.52. The second-order valence-corrected chi connectivity index (χ2v) is 3.49. The molecule has 0 spiro atoms. The molecule has 1 aliphatic carbocycles. The number of alkyl halides is 5. The van der Waals surface area contributed by atoms with Crippen molar-refractivity contribution in [2.75, 3.05) is 0 Å². The van der Waals surface area contributed by atoms with Gasteiger partial charge in [-0.15, -0.1) is 0 Å². The van der Waals surface area contributed by atoms with Crippen molar-refractivity contribution in [3.8, 4) is 0 Å². The van der Waals surface area contributed by atoms with E-state index in [1.807, 2.05) is 0 Å². The Kier molecular flexibility index (Phi) is 2.56. The molecule has 0 amide bonds. The Morgan fingerprint density at radius 3 is 2.15 bits per heavy atom. The van der Waals surface area contributed by atoms with Crippen LogP contribution in [0.2, 0.25) is 0 Å². The van der Waals surface area contributed by atoms with E-state index in [1.165, 1.54) is 6.92 Å². The van der Waals surface area contributed by atoms with E-state index in [2.05, 4.69) is 0 Å². The number of halogens is 5. The quantitative estimate of drug-likeness (QED) is 0.569. The van der Waals surface area contributed by atoms with Crippen LogP contribution < -0.4 is 0 Å². The molecule has 0 nitrogen and oxygen atoms in total. The molecule has 5 heteroatoms. The van der Waals surface area contributed by atoms with Crippen molar-refractivity contribution in [3.63, 3.8) is 0 Å². The summed E-state index contributed by atoms with van der Waals surface area (Å²) >= 11 is 0. The van der Waals surface area contributed by atoms with Crippen LogP contribution in [0.5, 0.6) is 0 Å². The monoisotopic (exact) mass is 202 g/mol. The standard InChI is InChI=1S/C8H11F5/c1-2-5-3-4-7(9,10)6(5)8(11,12)13/h5-6H,2-4H2,1H3. The first-order chi connectivity index (χ1) is 5.79. The van der Waals surface area contributed by atoms with Gasteiger partial charge >= 0.3 is 6.18 Å². The molecule has 78 valence electrons. The van der Waals surface area contributed by atoms with E-state index in [0.717, 1.165) is 0 Å². The second-order valence-electron chi connectivity index (χ2n) is 3.49. The van der Waals surface area contributed by atoms with Gasteiger partial charge in [-0.2, -0.15) is 13.2 Å². The third kappa shape index (κ3) is 1.94. The highest BCUT2D eigenvalue weighted by Gasteiger charge is 2.61. The zero-order chi connectivity index (χ0) is 10.3. The minimum Gasteiger partial charge on any atom is -0.206 e. The fourth-order valence-electron chi connectivity index (χ4n) is 1.99. The highest BCUT2D eigenvalue weighted by Crippen LogP contribution is 2.52. The van der Waals surface area contributed by atoms with E-state index < -0.39 is 30.4 Å². The molecule has 2 atom stereocenters. The van der Waals surface area contributed by atoms with Crippen LogP contribution in [0.25, 0.3) is 0 Å². The lowest BCUT2D eigenvalue weighted by molar-refractivity contribution is -0.239. The number of hydrogen-bond acceptors (Lipinski definition) is 0. The number of hydrogen-bond donors (Lipinski definition) is 0. The van der Waals surface area contributed by atoms with Gasteiger partial charge in [0.25, 0.3) is 5.92 Å². The van der Waals surface area contributed by atoms with E-state index in [9.17, 15) is 22.0 Å². The summed E-state index contributed by atoms with van der Waals surface area (Å²) in [5, 5.41) is 0. The maximum absolute atomic E-state index is 12.8. The van der Waals surface area contributed by atoms with E-state index in [-0.39, 0.29) is 12.8 Å². The molecule has 0 heterocycles. The van der Waals surface area contributed by atoms with Crippen molar-refractivity contribution in [1.29, 1.82) is 0 Å². The molecule has 13 heavy (non-hydrogen) atoms. The lowest BCUT2D eigenvalue weighted by atomic mass is 9.91. The molecule has 0 aromatic rings. The van der Waals surface area contributed by atoms with E-state index >= 15 is 0 Å². The Balaban J connectivity index is 2.87. The lowest BCUT2D eigenvalue weighted by Crippen LogP contribution is -2.38. The van der Waals surface area contributed by atoms with Crippen LogP contribution in [0.3, 0.4) is 0 Å². The van der Waals surface area contributed by atoms with E-state index in [4.69, 9.17) is 0 Å². The van der Waals surface area contributed by atoms with Gasteiger partial charge in [0, 0.05) is 6.42 Å². The molecule has 0 bridgehead atoms. The van der Waals surface area contributed by atoms with Crippen molar-refractivity contribution >= 4 is 0 Å². The predicted octanol–water partition coefficient (Wildman–Crippen LogP) is 3.62. The Morgan fingerprint density at radius 1 is 1.31 bits per heavy atom. The van der Waals surface area contributed by atoms with Gasteiger partial charge in [-0.3, -0.25) is 0 Å². The van der Waals surface area contributed by atoms with Crippen molar-refractivity contribution in [1.82, 2.24) is 0 Å². The molecular formula is C8H11F5. The first-order valence-electron chi connectivity index (χ1n) is 4.23. The molecule has 2 unspecified atom stereocenters. The summed E-state index contributed by atoms with van der Waals surface area (Å²) in [6, 6.07) is 0. The Bertz CT molecular complexity index is 183. The molecule has 0 aromatic carbocycles. The Morgan fingerprint density at radius 2 is 1.85 bits per heavy atom. The van der Waals surface area contributed by atoms with Gasteiger partial charge in [0.05, 0.1) is 0 Å².